The van der Waals surface area contributed by atoms with E-state index in [1.807, 2.05) is 6.26 Å². The fourth-order valence-corrected chi connectivity index (χ4v) is 2.68. The van der Waals surface area contributed by atoms with Crippen LogP contribution in [0.5, 0.6) is 0 Å². The molecule has 82 valence electrons. The summed E-state index contributed by atoms with van der Waals surface area (Å²) in [6.07, 6.45) is 7.80. The van der Waals surface area contributed by atoms with Crippen LogP contribution < -0.4 is 0 Å². The molecule has 0 N–H and O–H groups in total. The van der Waals surface area contributed by atoms with E-state index in [1.165, 1.54) is 36.0 Å². The van der Waals surface area contributed by atoms with E-state index in [2.05, 4.69) is 26.8 Å². The van der Waals surface area contributed by atoms with Crippen LogP contribution in [-0.4, -0.2) is 6.61 Å². The Kier molecular flexibility index (Phi) is 2.99. The van der Waals surface area contributed by atoms with Crippen molar-refractivity contribution in [3.05, 3.63) is 34.6 Å². The molecule has 1 atom stereocenters. The molecule has 0 spiro atoms. The zero-order chi connectivity index (χ0) is 10.8. The molecular weight excluding hydrogens is 184 g/mol. The third-order valence-corrected chi connectivity index (χ3v) is 3.63. The first-order valence-electron chi connectivity index (χ1n) is 5.92. The van der Waals surface area contributed by atoms with Crippen molar-refractivity contribution in [2.45, 2.75) is 40.0 Å². The van der Waals surface area contributed by atoms with E-state index in [1.54, 1.807) is 5.57 Å². The first-order chi connectivity index (χ1) is 7.24. The van der Waals surface area contributed by atoms with Gasteiger partial charge >= 0.3 is 0 Å². The number of hydrogen-bond donors (Lipinski definition) is 0. The van der Waals surface area contributed by atoms with Crippen molar-refractivity contribution in [2.24, 2.45) is 5.92 Å². The third kappa shape index (κ3) is 1.88. The second kappa shape index (κ2) is 4.26. The molecule has 0 amide bonds. The molecule has 0 aromatic carbocycles. The van der Waals surface area contributed by atoms with E-state index in [0.29, 0.717) is 0 Å². The molecule has 1 heterocycles. The SMILES string of the molecule is CCCC1CC(C)=C2COC=CC2=C1C. The Bertz CT molecular complexity index is 344. The molecule has 0 fully saturated rings. The summed E-state index contributed by atoms with van der Waals surface area (Å²) in [5, 5.41) is 0. The summed E-state index contributed by atoms with van der Waals surface area (Å²) in [4.78, 5) is 0. The van der Waals surface area contributed by atoms with Gasteiger partial charge in [-0.3, -0.25) is 0 Å². The first kappa shape index (κ1) is 10.5. The molecule has 0 saturated carbocycles. The molecule has 0 bridgehead atoms. The monoisotopic (exact) mass is 204 g/mol. The van der Waals surface area contributed by atoms with Crippen LogP contribution in [0.1, 0.15) is 40.0 Å². The minimum Gasteiger partial charge on any atom is -0.496 e. The van der Waals surface area contributed by atoms with Crippen LogP contribution in [0.3, 0.4) is 0 Å². The van der Waals surface area contributed by atoms with Gasteiger partial charge in [-0.25, -0.2) is 0 Å². The van der Waals surface area contributed by atoms with E-state index in [0.717, 1.165) is 12.5 Å². The highest BCUT2D eigenvalue weighted by Gasteiger charge is 2.24. The van der Waals surface area contributed by atoms with Gasteiger partial charge in [0.25, 0.3) is 0 Å². The number of rotatable bonds is 2. The number of fused-ring (bicyclic) bond motifs is 1. The quantitative estimate of drug-likeness (QED) is 0.661. The third-order valence-electron chi connectivity index (χ3n) is 3.63. The van der Waals surface area contributed by atoms with Gasteiger partial charge in [0, 0.05) is 0 Å². The second-order valence-electron chi connectivity index (χ2n) is 4.66. The first-order valence-corrected chi connectivity index (χ1v) is 5.92. The van der Waals surface area contributed by atoms with Crippen molar-refractivity contribution < 1.29 is 4.74 Å². The van der Waals surface area contributed by atoms with Crippen molar-refractivity contribution in [3.8, 4) is 0 Å². The summed E-state index contributed by atoms with van der Waals surface area (Å²) in [6.45, 7) is 7.59. The Morgan fingerprint density at radius 1 is 1.40 bits per heavy atom. The Hall–Kier alpha value is -0.980. The zero-order valence-corrected chi connectivity index (χ0v) is 9.97. The molecule has 1 aliphatic heterocycles. The van der Waals surface area contributed by atoms with Crippen LogP contribution in [0.25, 0.3) is 0 Å². The fraction of sp³-hybridized carbons (Fsp3) is 0.571. The Morgan fingerprint density at radius 3 is 2.93 bits per heavy atom. The van der Waals surface area contributed by atoms with E-state index < -0.39 is 0 Å². The number of hydrogen-bond acceptors (Lipinski definition) is 1. The highest BCUT2D eigenvalue weighted by Crippen LogP contribution is 2.38. The Labute approximate surface area is 92.5 Å². The molecule has 15 heavy (non-hydrogen) atoms. The van der Waals surface area contributed by atoms with E-state index in [9.17, 15) is 0 Å². The van der Waals surface area contributed by atoms with Crippen LogP contribution in [0.15, 0.2) is 34.6 Å². The van der Waals surface area contributed by atoms with Crippen molar-refractivity contribution in [1.29, 1.82) is 0 Å². The molecule has 0 saturated heterocycles. The maximum atomic E-state index is 5.38. The standard InChI is InChI=1S/C14H20O/c1-4-5-12-8-10(2)14-9-15-7-6-13(14)11(12)3/h6-7,12H,4-5,8-9H2,1-3H3. The van der Waals surface area contributed by atoms with Crippen molar-refractivity contribution in [2.75, 3.05) is 6.61 Å². The molecule has 0 aromatic rings. The topological polar surface area (TPSA) is 9.23 Å². The Morgan fingerprint density at radius 2 is 2.20 bits per heavy atom. The molecule has 1 unspecified atom stereocenters. The molecule has 1 aliphatic carbocycles. The van der Waals surface area contributed by atoms with Gasteiger partial charge in [0.15, 0.2) is 0 Å². The lowest BCUT2D eigenvalue weighted by Gasteiger charge is -2.30. The van der Waals surface area contributed by atoms with Crippen molar-refractivity contribution in [1.82, 2.24) is 0 Å². The van der Waals surface area contributed by atoms with Crippen LogP contribution in [0.2, 0.25) is 0 Å². The lowest BCUT2D eigenvalue weighted by atomic mass is 9.77. The minimum absolute atomic E-state index is 0.761. The molecule has 2 aliphatic rings. The van der Waals surface area contributed by atoms with Gasteiger partial charge < -0.3 is 4.74 Å². The molecule has 1 heteroatoms. The minimum atomic E-state index is 0.761. The average Bonchev–Trinajstić information content (AvgIpc) is 2.26. The second-order valence-corrected chi connectivity index (χ2v) is 4.66. The van der Waals surface area contributed by atoms with Crippen LogP contribution in [-0.2, 0) is 4.74 Å². The zero-order valence-electron chi connectivity index (χ0n) is 9.97. The van der Waals surface area contributed by atoms with Gasteiger partial charge in [0.1, 0.15) is 6.61 Å². The van der Waals surface area contributed by atoms with E-state index in [4.69, 9.17) is 4.74 Å². The smallest absolute Gasteiger partial charge is 0.113 e. The molecule has 0 radical (unpaired) electrons. The van der Waals surface area contributed by atoms with Crippen molar-refractivity contribution in [3.63, 3.8) is 0 Å². The van der Waals surface area contributed by atoms with Gasteiger partial charge in [0.05, 0.1) is 6.26 Å². The van der Waals surface area contributed by atoms with Crippen LogP contribution >= 0.6 is 0 Å². The summed E-state index contributed by atoms with van der Waals surface area (Å²) in [7, 11) is 0. The molecule has 1 nitrogen and oxygen atoms in total. The Balaban J connectivity index is 2.35. The highest BCUT2D eigenvalue weighted by molar-refractivity contribution is 5.50. The van der Waals surface area contributed by atoms with Gasteiger partial charge in [-0.15, -0.1) is 0 Å². The average molecular weight is 204 g/mol. The summed E-state index contributed by atoms with van der Waals surface area (Å²) in [5.74, 6) is 0.761. The van der Waals surface area contributed by atoms with Crippen LogP contribution in [0, 0.1) is 5.92 Å². The highest BCUT2D eigenvalue weighted by atomic mass is 16.5. The lowest BCUT2D eigenvalue weighted by Crippen LogP contribution is -2.17. The van der Waals surface area contributed by atoms with Crippen LogP contribution in [0.4, 0.5) is 0 Å². The molecular formula is C14H20O. The van der Waals surface area contributed by atoms with Gasteiger partial charge in [-0.1, -0.05) is 24.5 Å². The van der Waals surface area contributed by atoms with Gasteiger partial charge in [0.2, 0.25) is 0 Å². The van der Waals surface area contributed by atoms with E-state index >= 15 is 0 Å². The number of allylic oxidation sites excluding steroid dienone is 3. The summed E-state index contributed by atoms with van der Waals surface area (Å²) < 4.78 is 5.38. The maximum Gasteiger partial charge on any atom is 0.113 e. The fourth-order valence-electron chi connectivity index (χ4n) is 2.68. The van der Waals surface area contributed by atoms with Crippen molar-refractivity contribution >= 4 is 0 Å². The largest absolute Gasteiger partial charge is 0.496 e. The molecule has 2 rings (SSSR count). The predicted molar refractivity (Wildman–Crippen MR) is 63.5 cm³/mol. The summed E-state index contributed by atoms with van der Waals surface area (Å²) in [5.41, 5.74) is 5.97. The summed E-state index contributed by atoms with van der Waals surface area (Å²) in [6, 6.07) is 0. The predicted octanol–water partition coefficient (Wildman–Crippen LogP) is 3.98. The van der Waals surface area contributed by atoms with Gasteiger partial charge in [-0.2, -0.15) is 0 Å². The maximum absolute atomic E-state index is 5.38. The number of ether oxygens (including phenoxy) is 1. The van der Waals surface area contributed by atoms with Gasteiger partial charge in [-0.05, 0) is 49.8 Å². The molecule has 0 aromatic heterocycles. The van der Waals surface area contributed by atoms with E-state index in [-0.39, 0.29) is 0 Å². The lowest BCUT2D eigenvalue weighted by molar-refractivity contribution is 0.272. The normalized spacial score (nSPS) is 25.4. The summed E-state index contributed by atoms with van der Waals surface area (Å²) >= 11 is 0.